The highest BCUT2D eigenvalue weighted by atomic mass is 19.1. The van der Waals surface area contributed by atoms with Gasteiger partial charge in [-0.1, -0.05) is 6.07 Å². The number of nitrogens with one attached hydrogen (secondary N) is 1. The molecule has 0 aromatic heterocycles. The van der Waals surface area contributed by atoms with Gasteiger partial charge in [0.15, 0.2) is 0 Å². The van der Waals surface area contributed by atoms with Crippen LogP contribution in [-0.2, 0) is 0 Å². The van der Waals surface area contributed by atoms with Crippen LogP contribution in [0.4, 0.5) is 10.1 Å². The molecule has 0 spiro atoms. The molecule has 0 heterocycles. The molecule has 0 bridgehead atoms. The van der Waals surface area contributed by atoms with Crippen LogP contribution in [0.1, 0.15) is 15.9 Å². The zero-order valence-corrected chi connectivity index (χ0v) is 9.77. The zero-order chi connectivity index (χ0) is 13.1. The van der Waals surface area contributed by atoms with Gasteiger partial charge in [-0.2, -0.15) is 0 Å². The summed E-state index contributed by atoms with van der Waals surface area (Å²) < 4.78 is 12.7. The number of carbonyl (C=O) groups excluding carboxylic acids is 1. The highest BCUT2D eigenvalue weighted by Gasteiger charge is 2.09. The molecule has 2 aromatic rings. The summed E-state index contributed by atoms with van der Waals surface area (Å²) in [6.07, 6.45) is 0. The summed E-state index contributed by atoms with van der Waals surface area (Å²) in [7, 11) is 0. The first-order valence-electron chi connectivity index (χ1n) is 5.43. The second-order valence-electron chi connectivity index (χ2n) is 3.98. The van der Waals surface area contributed by atoms with Gasteiger partial charge in [0.2, 0.25) is 0 Å². The van der Waals surface area contributed by atoms with Crippen molar-refractivity contribution < 1.29 is 14.3 Å². The number of rotatable bonds is 2. The minimum Gasteiger partial charge on any atom is -0.506 e. The second kappa shape index (κ2) is 4.87. The first-order valence-corrected chi connectivity index (χ1v) is 5.43. The first-order chi connectivity index (χ1) is 8.56. The van der Waals surface area contributed by atoms with Crippen molar-refractivity contribution in [2.45, 2.75) is 6.92 Å². The minimum atomic E-state index is -0.398. The van der Waals surface area contributed by atoms with Crippen molar-refractivity contribution in [3.63, 3.8) is 0 Å². The maximum atomic E-state index is 12.7. The van der Waals surface area contributed by atoms with Crippen molar-refractivity contribution >= 4 is 11.6 Å². The average Bonchev–Trinajstić information content (AvgIpc) is 2.34. The van der Waals surface area contributed by atoms with Gasteiger partial charge in [0, 0.05) is 5.56 Å². The third-order valence-corrected chi connectivity index (χ3v) is 2.51. The van der Waals surface area contributed by atoms with E-state index in [2.05, 4.69) is 5.32 Å². The number of carbonyl (C=O) groups is 1. The zero-order valence-electron chi connectivity index (χ0n) is 9.77. The van der Waals surface area contributed by atoms with Gasteiger partial charge in [0.1, 0.15) is 11.6 Å². The molecule has 0 radical (unpaired) electrons. The summed E-state index contributed by atoms with van der Waals surface area (Å²) in [6.45, 7) is 1.85. The summed E-state index contributed by atoms with van der Waals surface area (Å²) in [4.78, 5) is 11.8. The van der Waals surface area contributed by atoms with Crippen LogP contribution in [0, 0.1) is 12.7 Å². The van der Waals surface area contributed by atoms with E-state index in [1.807, 2.05) is 6.92 Å². The molecule has 0 saturated carbocycles. The quantitative estimate of drug-likeness (QED) is 0.799. The molecule has 0 aliphatic rings. The Morgan fingerprint density at radius 1 is 1.17 bits per heavy atom. The molecule has 0 saturated heterocycles. The Morgan fingerprint density at radius 3 is 2.50 bits per heavy atom. The molecule has 0 atom stereocenters. The summed E-state index contributed by atoms with van der Waals surface area (Å²) in [5.74, 6) is -0.795. The lowest BCUT2D eigenvalue weighted by Gasteiger charge is -2.08. The number of hydrogen-bond acceptors (Lipinski definition) is 2. The van der Waals surface area contributed by atoms with Crippen LogP contribution >= 0.6 is 0 Å². The van der Waals surface area contributed by atoms with Crippen LogP contribution in [0.5, 0.6) is 5.75 Å². The van der Waals surface area contributed by atoms with Crippen molar-refractivity contribution in [1.82, 2.24) is 0 Å². The molecule has 0 aliphatic carbocycles. The predicted octanol–water partition coefficient (Wildman–Crippen LogP) is 3.09. The van der Waals surface area contributed by atoms with Crippen molar-refractivity contribution in [3.05, 3.63) is 59.4 Å². The number of anilines is 1. The van der Waals surface area contributed by atoms with Crippen LogP contribution in [-0.4, -0.2) is 11.0 Å². The van der Waals surface area contributed by atoms with E-state index in [0.29, 0.717) is 11.3 Å². The molecule has 18 heavy (non-hydrogen) atoms. The van der Waals surface area contributed by atoms with Gasteiger partial charge in [0.05, 0.1) is 5.69 Å². The molecule has 92 valence electrons. The molecule has 4 heteroatoms. The fraction of sp³-hybridized carbons (Fsp3) is 0.0714. The number of benzene rings is 2. The third-order valence-electron chi connectivity index (χ3n) is 2.51. The maximum Gasteiger partial charge on any atom is 0.255 e. The Balaban J connectivity index is 2.21. The lowest BCUT2D eigenvalue weighted by Crippen LogP contribution is -2.12. The number of phenols is 1. The van der Waals surface area contributed by atoms with Crippen LogP contribution in [0.3, 0.4) is 0 Å². The number of phenolic OH excluding ortho intramolecular Hbond substituents is 1. The molecule has 0 fully saturated rings. The molecule has 2 N–H and O–H groups in total. The van der Waals surface area contributed by atoms with Crippen LogP contribution in [0.25, 0.3) is 0 Å². The van der Waals surface area contributed by atoms with E-state index in [9.17, 15) is 14.3 Å². The summed E-state index contributed by atoms with van der Waals surface area (Å²) >= 11 is 0. The van der Waals surface area contributed by atoms with Gasteiger partial charge < -0.3 is 10.4 Å². The third kappa shape index (κ3) is 2.66. The van der Waals surface area contributed by atoms with Crippen LogP contribution < -0.4 is 5.32 Å². The largest absolute Gasteiger partial charge is 0.506 e. The van der Waals surface area contributed by atoms with E-state index >= 15 is 0 Å². The molecule has 0 unspecified atom stereocenters. The predicted molar refractivity (Wildman–Crippen MR) is 67.2 cm³/mol. The average molecular weight is 245 g/mol. The Bertz CT molecular complexity index is 579. The number of aromatic hydroxyl groups is 1. The highest BCUT2D eigenvalue weighted by Crippen LogP contribution is 2.24. The fourth-order valence-electron chi connectivity index (χ4n) is 1.55. The van der Waals surface area contributed by atoms with Gasteiger partial charge in [-0.25, -0.2) is 4.39 Å². The molecular formula is C14H12FNO2. The Morgan fingerprint density at radius 2 is 1.83 bits per heavy atom. The number of aryl methyl sites for hydroxylation is 1. The van der Waals surface area contributed by atoms with E-state index in [1.165, 1.54) is 30.3 Å². The van der Waals surface area contributed by atoms with Gasteiger partial charge in [-0.3, -0.25) is 4.79 Å². The van der Waals surface area contributed by atoms with E-state index in [4.69, 9.17) is 0 Å². The number of halogens is 1. The standard InChI is InChI=1S/C14H12FNO2/c1-9-2-7-13(17)12(8-9)16-14(18)10-3-5-11(15)6-4-10/h2-8,17H,1H3,(H,16,18). The van der Waals surface area contributed by atoms with Crippen LogP contribution in [0.2, 0.25) is 0 Å². The molecule has 3 nitrogen and oxygen atoms in total. The summed E-state index contributed by atoms with van der Waals surface area (Å²) in [6, 6.07) is 10.1. The van der Waals surface area contributed by atoms with Gasteiger partial charge >= 0.3 is 0 Å². The van der Waals surface area contributed by atoms with Crippen molar-refractivity contribution in [2.24, 2.45) is 0 Å². The molecular weight excluding hydrogens is 233 g/mol. The smallest absolute Gasteiger partial charge is 0.255 e. The van der Waals surface area contributed by atoms with Crippen molar-refractivity contribution in [1.29, 1.82) is 0 Å². The lowest BCUT2D eigenvalue weighted by atomic mass is 10.1. The molecule has 1 amide bonds. The Labute approximate surface area is 104 Å². The van der Waals surface area contributed by atoms with E-state index in [1.54, 1.807) is 12.1 Å². The van der Waals surface area contributed by atoms with Gasteiger partial charge in [0.25, 0.3) is 5.91 Å². The highest BCUT2D eigenvalue weighted by molar-refractivity contribution is 6.05. The normalized spacial score (nSPS) is 10.1. The summed E-state index contributed by atoms with van der Waals surface area (Å²) in [5.41, 5.74) is 1.59. The lowest BCUT2D eigenvalue weighted by molar-refractivity contribution is 0.102. The van der Waals surface area contributed by atoms with E-state index < -0.39 is 11.7 Å². The first kappa shape index (κ1) is 12.1. The van der Waals surface area contributed by atoms with Gasteiger partial charge in [-0.15, -0.1) is 0 Å². The molecule has 2 rings (SSSR count). The maximum absolute atomic E-state index is 12.7. The topological polar surface area (TPSA) is 49.3 Å². The van der Waals surface area contributed by atoms with Gasteiger partial charge in [-0.05, 0) is 48.9 Å². The van der Waals surface area contributed by atoms with E-state index in [-0.39, 0.29) is 5.75 Å². The fourth-order valence-corrected chi connectivity index (χ4v) is 1.55. The summed E-state index contributed by atoms with van der Waals surface area (Å²) in [5, 5.41) is 12.2. The van der Waals surface area contributed by atoms with Crippen molar-refractivity contribution in [2.75, 3.05) is 5.32 Å². The second-order valence-corrected chi connectivity index (χ2v) is 3.98. The SMILES string of the molecule is Cc1ccc(O)c(NC(=O)c2ccc(F)cc2)c1. The Hall–Kier alpha value is -2.36. The monoisotopic (exact) mass is 245 g/mol. The number of amides is 1. The van der Waals surface area contributed by atoms with Crippen molar-refractivity contribution in [3.8, 4) is 5.75 Å². The van der Waals surface area contributed by atoms with Crippen LogP contribution in [0.15, 0.2) is 42.5 Å². The Kier molecular flexibility index (Phi) is 3.28. The molecule has 0 aliphatic heterocycles. The minimum absolute atomic E-state index is 0.00365. The molecule has 2 aromatic carbocycles. The van der Waals surface area contributed by atoms with E-state index in [0.717, 1.165) is 5.56 Å². The number of hydrogen-bond donors (Lipinski definition) is 2.